The Bertz CT molecular complexity index is 369. The highest BCUT2D eigenvalue weighted by molar-refractivity contribution is 6.30. The van der Waals surface area contributed by atoms with Crippen LogP contribution >= 0.6 is 11.6 Å². The maximum Gasteiger partial charge on any atom is 0.0726 e. The minimum atomic E-state index is 0.0856. The molecule has 2 nitrogen and oxygen atoms in total. The van der Waals surface area contributed by atoms with Crippen molar-refractivity contribution in [2.24, 2.45) is 0 Å². The maximum absolute atomic E-state index is 5.95. The van der Waals surface area contributed by atoms with E-state index in [1.54, 1.807) is 0 Å². The quantitative estimate of drug-likeness (QED) is 0.876. The van der Waals surface area contributed by atoms with E-state index in [2.05, 4.69) is 25.2 Å². The van der Waals surface area contributed by atoms with Gasteiger partial charge in [0, 0.05) is 23.7 Å². The first kappa shape index (κ1) is 11.9. The predicted molar refractivity (Wildman–Crippen MR) is 66.7 cm³/mol. The first-order valence-corrected chi connectivity index (χ1v) is 6.09. The standard InChI is InChI=1S/C13H18ClNO/c1-10-13(2,6-7-16-10)15-9-11-4-3-5-12(14)8-11/h3-5,8,10,15H,6-7,9H2,1-2H3. The van der Waals surface area contributed by atoms with Crippen molar-refractivity contribution in [3.8, 4) is 0 Å². The van der Waals surface area contributed by atoms with Gasteiger partial charge in [0.1, 0.15) is 0 Å². The summed E-state index contributed by atoms with van der Waals surface area (Å²) in [5.41, 5.74) is 1.30. The molecule has 1 N–H and O–H groups in total. The summed E-state index contributed by atoms with van der Waals surface area (Å²) in [5.74, 6) is 0. The van der Waals surface area contributed by atoms with Crippen molar-refractivity contribution >= 4 is 11.6 Å². The smallest absolute Gasteiger partial charge is 0.0726 e. The van der Waals surface area contributed by atoms with E-state index in [-0.39, 0.29) is 11.6 Å². The first-order valence-electron chi connectivity index (χ1n) is 5.71. The lowest BCUT2D eigenvalue weighted by Gasteiger charge is -2.29. The van der Waals surface area contributed by atoms with Gasteiger partial charge >= 0.3 is 0 Å². The topological polar surface area (TPSA) is 21.3 Å². The molecule has 2 atom stereocenters. The molecule has 3 heteroatoms. The highest BCUT2D eigenvalue weighted by Gasteiger charge is 2.36. The third-order valence-corrected chi connectivity index (χ3v) is 3.71. The van der Waals surface area contributed by atoms with Crippen molar-refractivity contribution < 1.29 is 4.74 Å². The van der Waals surface area contributed by atoms with Crippen LogP contribution in [0, 0.1) is 0 Å². The van der Waals surface area contributed by atoms with Crippen LogP contribution in [-0.4, -0.2) is 18.2 Å². The van der Waals surface area contributed by atoms with Crippen molar-refractivity contribution in [2.75, 3.05) is 6.61 Å². The molecule has 2 unspecified atom stereocenters. The summed E-state index contributed by atoms with van der Waals surface area (Å²) in [6.45, 7) is 6.03. The van der Waals surface area contributed by atoms with E-state index < -0.39 is 0 Å². The van der Waals surface area contributed by atoms with Crippen molar-refractivity contribution in [2.45, 2.75) is 38.5 Å². The molecule has 1 aromatic carbocycles. The number of nitrogens with one attached hydrogen (secondary N) is 1. The summed E-state index contributed by atoms with van der Waals surface area (Å²) in [7, 11) is 0. The van der Waals surface area contributed by atoms with Crippen molar-refractivity contribution in [3.63, 3.8) is 0 Å². The van der Waals surface area contributed by atoms with Gasteiger partial charge in [-0.1, -0.05) is 23.7 Å². The molecule has 0 aromatic heterocycles. The molecule has 1 aromatic rings. The lowest BCUT2D eigenvalue weighted by molar-refractivity contribution is 0.0881. The second kappa shape index (κ2) is 4.74. The summed E-state index contributed by atoms with van der Waals surface area (Å²) < 4.78 is 5.59. The van der Waals surface area contributed by atoms with Gasteiger partial charge in [0.25, 0.3) is 0 Å². The summed E-state index contributed by atoms with van der Waals surface area (Å²) in [6, 6.07) is 7.96. The molecular formula is C13H18ClNO. The van der Waals surface area contributed by atoms with Gasteiger partial charge < -0.3 is 10.1 Å². The zero-order valence-electron chi connectivity index (χ0n) is 9.79. The third-order valence-electron chi connectivity index (χ3n) is 3.47. The molecule has 0 aliphatic carbocycles. The minimum absolute atomic E-state index is 0.0856. The summed E-state index contributed by atoms with van der Waals surface area (Å²) >= 11 is 5.95. The molecule has 1 fully saturated rings. The summed E-state index contributed by atoms with van der Waals surface area (Å²) in [6.07, 6.45) is 1.33. The van der Waals surface area contributed by atoms with Crippen LogP contribution in [0.4, 0.5) is 0 Å². The number of rotatable bonds is 3. The Morgan fingerprint density at radius 1 is 1.56 bits per heavy atom. The van der Waals surface area contributed by atoms with Gasteiger partial charge in [-0.3, -0.25) is 0 Å². The van der Waals surface area contributed by atoms with Gasteiger partial charge in [-0.15, -0.1) is 0 Å². The second-order valence-corrected chi connectivity index (χ2v) is 5.10. The Labute approximate surface area is 102 Å². The van der Waals surface area contributed by atoms with Crippen LogP contribution in [0.25, 0.3) is 0 Å². The monoisotopic (exact) mass is 239 g/mol. The van der Waals surface area contributed by atoms with E-state index >= 15 is 0 Å². The van der Waals surface area contributed by atoms with E-state index in [0.29, 0.717) is 0 Å². The fourth-order valence-electron chi connectivity index (χ4n) is 2.02. The fraction of sp³-hybridized carbons (Fsp3) is 0.538. The average molecular weight is 240 g/mol. The first-order chi connectivity index (χ1) is 7.60. The molecule has 0 radical (unpaired) electrons. The zero-order valence-corrected chi connectivity index (χ0v) is 10.6. The Morgan fingerprint density at radius 2 is 2.38 bits per heavy atom. The average Bonchev–Trinajstić information content (AvgIpc) is 2.58. The lowest BCUT2D eigenvalue weighted by Crippen LogP contribution is -2.47. The normalized spacial score (nSPS) is 29.6. The van der Waals surface area contributed by atoms with E-state index in [1.165, 1.54) is 5.56 Å². The van der Waals surface area contributed by atoms with E-state index in [1.807, 2.05) is 18.2 Å². The van der Waals surface area contributed by atoms with Crippen LogP contribution in [0.2, 0.25) is 5.02 Å². The molecule has 1 aliphatic heterocycles. The van der Waals surface area contributed by atoms with Gasteiger partial charge in [0.05, 0.1) is 6.10 Å². The van der Waals surface area contributed by atoms with E-state index in [9.17, 15) is 0 Å². The number of ether oxygens (including phenoxy) is 1. The van der Waals surface area contributed by atoms with Crippen molar-refractivity contribution in [1.82, 2.24) is 5.32 Å². The Morgan fingerprint density at radius 3 is 3.00 bits per heavy atom. The molecule has 0 amide bonds. The number of halogens is 1. The molecule has 88 valence electrons. The van der Waals surface area contributed by atoms with Crippen molar-refractivity contribution in [3.05, 3.63) is 34.9 Å². The SMILES string of the molecule is CC1OCCC1(C)NCc1cccc(Cl)c1. The number of benzene rings is 1. The van der Waals surface area contributed by atoms with Crippen LogP contribution in [0.5, 0.6) is 0 Å². The van der Waals surface area contributed by atoms with Crippen LogP contribution in [0.3, 0.4) is 0 Å². The number of hydrogen-bond donors (Lipinski definition) is 1. The molecule has 0 spiro atoms. The van der Waals surface area contributed by atoms with Gasteiger partial charge in [0.2, 0.25) is 0 Å². The highest BCUT2D eigenvalue weighted by Crippen LogP contribution is 2.25. The summed E-state index contributed by atoms with van der Waals surface area (Å²) in [4.78, 5) is 0. The maximum atomic E-state index is 5.95. The third kappa shape index (κ3) is 2.57. The largest absolute Gasteiger partial charge is 0.377 e. The Balaban J connectivity index is 1.97. The van der Waals surface area contributed by atoms with Crippen LogP contribution < -0.4 is 5.32 Å². The zero-order chi connectivity index (χ0) is 11.6. The Hall–Kier alpha value is -0.570. The van der Waals surface area contributed by atoms with Gasteiger partial charge in [-0.25, -0.2) is 0 Å². The molecule has 0 bridgehead atoms. The van der Waals surface area contributed by atoms with Crippen molar-refractivity contribution in [1.29, 1.82) is 0 Å². The lowest BCUT2D eigenvalue weighted by atomic mass is 9.94. The van der Waals surface area contributed by atoms with Crippen LogP contribution in [0.1, 0.15) is 25.8 Å². The molecular weight excluding hydrogens is 222 g/mol. The fourth-order valence-corrected chi connectivity index (χ4v) is 2.23. The highest BCUT2D eigenvalue weighted by atomic mass is 35.5. The van der Waals surface area contributed by atoms with Crippen LogP contribution in [0.15, 0.2) is 24.3 Å². The van der Waals surface area contributed by atoms with Gasteiger partial charge in [-0.2, -0.15) is 0 Å². The molecule has 1 heterocycles. The molecule has 0 saturated carbocycles. The molecule has 2 rings (SSSR count). The molecule has 1 aliphatic rings. The van der Waals surface area contributed by atoms with E-state index in [4.69, 9.17) is 16.3 Å². The summed E-state index contributed by atoms with van der Waals surface area (Å²) in [5, 5.41) is 4.36. The molecule has 1 saturated heterocycles. The predicted octanol–water partition coefficient (Wildman–Crippen LogP) is 3.00. The Kier molecular flexibility index (Phi) is 3.53. The molecule has 16 heavy (non-hydrogen) atoms. The van der Waals surface area contributed by atoms with E-state index in [0.717, 1.165) is 24.6 Å². The number of hydrogen-bond acceptors (Lipinski definition) is 2. The van der Waals surface area contributed by atoms with Gasteiger partial charge in [-0.05, 0) is 38.0 Å². The van der Waals surface area contributed by atoms with Gasteiger partial charge in [0.15, 0.2) is 0 Å². The minimum Gasteiger partial charge on any atom is -0.377 e. The van der Waals surface area contributed by atoms with Crippen LogP contribution in [-0.2, 0) is 11.3 Å². The second-order valence-electron chi connectivity index (χ2n) is 4.66.